The summed E-state index contributed by atoms with van der Waals surface area (Å²) in [5, 5.41) is 29.5. The van der Waals surface area contributed by atoms with E-state index in [0.29, 0.717) is 12.0 Å². The number of alkyl halides is 6. The fourth-order valence-electron chi connectivity index (χ4n) is 7.00. The topological polar surface area (TPSA) is 60.7 Å². The first kappa shape index (κ1) is 29.2. The summed E-state index contributed by atoms with van der Waals surface area (Å²) in [5.74, 6) is 0.355. The predicted molar refractivity (Wildman–Crippen MR) is 125 cm³/mol. The number of hydrogen-bond donors (Lipinski definition) is 3. The molecule has 0 unspecified atom stereocenters. The van der Waals surface area contributed by atoms with Gasteiger partial charge in [0.1, 0.15) is 0 Å². The maximum Gasteiger partial charge on any atom is 0.426 e. The van der Waals surface area contributed by atoms with Crippen LogP contribution in [0.4, 0.5) is 26.3 Å². The van der Waals surface area contributed by atoms with E-state index >= 15 is 0 Å². The normalized spacial score (nSPS) is 35.4. The summed E-state index contributed by atoms with van der Waals surface area (Å²) in [6, 6.07) is 0. The van der Waals surface area contributed by atoms with Gasteiger partial charge in [-0.1, -0.05) is 44.6 Å². The number of rotatable bonds is 6. The fourth-order valence-corrected chi connectivity index (χ4v) is 7.00. The molecule has 3 aliphatic rings. The average Bonchev–Trinajstić information content (AvgIpc) is 3.11. The minimum atomic E-state index is -5.77. The van der Waals surface area contributed by atoms with E-state index < -0.39 is 36.6 Å². The second-order valence-corrected chi connectivity index (χ2v) is 11.4. The molecule has 0 saturated heterocycles. The maximum absolute atomic E-state index is 13.0. The summed E-state index contributed by atoms with van der Waals surface area (Å²) in [4.78, 5) is 0. The molecule has 9 heteroatoms. The zero-order valence-electron chi connectivity index (χ0n) is 20.9. The summed E-state index contributed by atoms with van der Waals surface area (Å²) in [6.07, 6.45) is -5.24. The molecule has 3 saturated carbocycles. The van der Waals surface area contributed by atoms with Crippen LogP contribution in [0.25, 0.3) is 0 Å². The van der Waals surface area contributed by atoms with Crippen molar-refractivity contribution >= 4 is 0 Å². The quantitative estimate of drug-likeness (QED) is 0.336. The SMILES string of the molecule is C=C1/C(=C\C=C2/CCC[C@]3(C)[C@@H]2CC[C@H]3[C@@H](C)CCCC(O)(C(F)(F)F)C(F)(F)F)C[C@H](O)C[C@H]1O. The molecule has 0 radical (unpaired) electrons. The molecule has 0 spiro atoms. The van der Waals surface area contributed by atoms with Crippen molar-refractivity contribution in [2.24, 2.45) is 23.2 Å². The molecule has 3 fully saturated rings. The summed E-state index contributed by atoms with van der Waals surface area (Å²) >= 11 is 0. The molecule has 0 aromatic heterocycles. The van der Waals surface area contributed by atoms with Gasteiger partial charge in [0.15, 0.2) is 0 Å². The zero-order valence-corrected chi connectivity index (χ0v) is 20.9. The number of hydrogen-bond acceptors (Lipinski definition) is 3. The van der Waals surface area contributed by atoms with Crippen LogP contribution in [0.1, 0.15) is 78.1 Å². The summed E-state index contributed by atoms with van der Waals surface area (Å²) in [5.41, 5.74) is -2.08. The van der Waals surface area contributed by atoms with Crippen LogP contribution in [-0.2, 0) is 0 Å². The van der Waals surface area contributed by atoms with Crippen molar-refractivity contribution in [3.63, 3.8) is 0 Å². The third kappa shape index (κ3) is 5.58. The Labute approximate surface area is 209 Å². The van der Waals surface area contributed by atoms with E-state index in [1.54, 1.807) is 0 Å². The first-order valence-corrected chi connectivity index (χ1v) is 12.8. The van der Waals surface area contributed by atoms with Gasteiger partial charge >= 0.3 is 12.4 Å². The van der Waals surface area contributed by atoms with Gasteiger partial charge in [-0.05, 0) is 85.7 Å². The fraction of sp³-hybridized carbons (Fsp3) is 0.778. The molecule has 206 valence electrons. The van der Waals surface area contributed by atoms with Crippen LogP contribution in [0.2, 0.25) is 0 Å². The van der Waals surface area contributed by atoms with Crippen molar-refractivity contribution in [2.75, 3.05) is 0 Å². The van der Waals surface area contributed by atoms with Gasteiger partial charge < -0.3 is 15.3 Å². The van der Waals surface area contributed by atoms with Gasteiger partial charge in [-0.3, -0.25) is 0 Å². The molecule has 3 N–H and O–H groups in total. The lowest BCUT2D eigenvalue weighted by atomic mass is 9.60. The van der Waals surface area contributed by atoms with Gasteiger partial charge in [0, 0.05) is 6.42 Å². The second-order valence-electron chi connectivity index (χ2n) is 11.4. The van der Waals surface area contributed by atoms with Crippen LogP contribution >= 0.6 is 0 Å². The average molecular weight is 525 g/mol. The summed E-state index contributed by atoms with van der Waals surface area (Å²) in [6.45, 7) is 8.03. The molecule has 36 heavy (non-hydrogen) atoms. The van der Waals surface area contributed by atoms with Crippen LogP contribution < -0.4 is 0 Å². The number of aliphatic hydroxyl groups is 3. The first-order valence-electron chi connectivity index (χ1n) is 12.8. The third-order valence-electron chi connectivity index (χ3n) is 9.12. The van der Waals surface area contributed by atoms with Crippen molar-refractivity contribution in [3.8, 4) is 0 Å². The number of aliphatic hydroxyl groups excluding tert-OH is 2. The second kappa shape index (κ2) is 10.4. The minimum absolute atomic E-state index is 0.0770. The Morgan fingerprint density at radius 1 is 1.08 bits per heavy atom. The van der Waals surface area contributed by atoms with Gasteiger partial charge in [0.05, 0.1) is 12.2 Å². The Bertz CT molecular complexity index is 860. The van der Waals surface area contributed by atoms with Gasteiger partial charge in [0.25, 0.3) is 5.60 Å². The van der Waals surface area contributed by atoms with Crippen molar-refractivity contribution < 1.29 is 41.7 Å². The molecule has 3 nitrogen and oxygen atoms in total. The molecular weight excluding hydrogens is 486 g/mol. The highest BCUT2D eigenvalue weighted by molar-refractivity contribution is 5.38. The monoisotopic (exact) mass is 524 g/mol. The van der Waals surface area contributed by atoms with E-state index in [1.807, 2.05) is 13.0 Å². The predicted octanol–water partition coefficient (Wildman–Crippen LogP) is 6.79. The molecule has 0 aromatic carbocycles. The first-order chi connectivity index (χ1) is 16.5. The van der Waals surface area contributed by atoms with Crippen molar-refractivity contribution in [1.29, 1.82) is 0 Å². The molecule has 0 heterocycles. The van der Waals surface area contributed by atoms with Crippen LogP contribution in [0.5, 0.6) is 0 Å². The molecule has 6 atom stereocenters. The lowest BCUT2D eigenvalue weighted by molar-refractivity contribution is -0.370. The number of halogens is 6. The Morgan fingerprint density at radius 2 is 1.72 bits per heavy atom. The zero-order chi connectivity index (χ0) is 27.1. The largest absolute Gasteiger partial charge is 0.426 e. The third-order valence-corrected chi connectivity index (χ3v) is 9.12. The summed E-state index contributed by atoms with van der Waals surface area (Å²) in [7, 11) is 0. The Kier molecular flexibility index (Phi) is 8.48. The Morgan fingerprint density at radius 3 is 2.33 bits per heavy atom. The van der Waals surface area contributed by atoms with Crippen molar-refractivity contribution in [2.45, 2.75) is 108 Å². The van der Waals surface area contributed by atoms with E-state index in [0.717, 1.165) is 37.7 Å². The van der Waals surface area contributed by atoms with Gasteiger partial charge in [-0.15, -0.1) is 0 Å². The van der Waals surface area contributed by atoms with Crippen LogP contribution in [-0.4, -0.2) is 45.5 Å². The van der Waals surface area contributed by atoms with Crippen LogP contribution in [0.3, 0.4) is 0 Å². The van der Waals surface area contributed by atoms with E-state index in [1.165, 1.54) is 5.57 Å². The highest BCUT2D eigenvalue weighted by Gasteiger charge is 2.69. The van der Waals surface area contributed by atoms with Crippen LogP contribution in [0, 0.1) is 23.2 Å². The Balaban J connectivity index is 1.69. The maximum atomic E-state index is 13.0. The molecule has 3 rings (SSSR count). The van der Waals surface area contributed by atoms with E-state index in [2.05, 4.69) is 19.6 Å². The van der Waals surface area contributed by atoms with E-state index in [-0.39, 0.29) is 42.4 Å². The van der Waals surface area contributed by atoms with Crippen molar-refractivity contribution in [1.82, 2.24) is 0 Å². The minimum Gasteiger partial charge on any atom is -0.393 e. The molecule has 0 bridgehead atoms. The molecule has 0 aliphatic heterocycles. The molecule has 3 aliphatic carbocycles. The lowest BCUT2D eigenvalue weighted by Gasteiger charge is -2.44. The standard InChI is InChI=1S/C27H38F6O3/c1-16(6-4-13-25(36,26(28,29)30)27(31,32)33)21-10-11-22-18(7-5-12-24(21,22)3)8-9-19-14-20(34)15-23(35)17(19)2/h8-9,16,20-23,34-36H,2,4-7,10-15H2,1,3H3/b18-8+,19-9-/t16-,20-,21-,22+,23+,24-/m0/s1. The van der Waals surface area contributed by atoms with Crippen molar-refractivity contribution in [3.05, 3.63) is 35.5 Å². The highest BCUT2D eigenvalue weighted by atomic mass is 19.4. The van der Waals surface area contributed by atoms with Crippen LogP contribution in [0.15, 0.2) is 35.5 Å². The smallest absolute Gasteiger partial charge is 0.393 e. The molecular formula is C27H38F6O3. The van der Waals surface area contributed by atoms with E-state index in [4.69, 9.17) is 0 Å². The van der Waals surface area contributed by atoms with Gasteiger partial charge in [-0.25, -0.2) is 0 Å². The van der Waals surface area contributed by atoms with Gasteiger partial charge in [-0.2, -0.15) is 26.3 Å². The summed E-state index contributed by atoms with van der Waals surface area (Å²) < 4.78 is 78.1. The molecule has 0 amide bonds. The van der Waals surface area contributed by atoms with Gasteiger partial charge in [0.2, 0.25) is 0 Å². The molecule has 0 aromatic rings. The van der Waals surface area contributed by atoms with E-state index in [9.17, 15) is 41.7 Å². The Hall–Kier alpha value is -1.32. The number of fused-ring (bicyclic) bond motifs is 1. The number of allylic oxidation sites excluding steroid dienone is 3. The highest BCUT2D eigenvalue weighted by Crippen LogP contribution is 2.60. The lowest BCUT2D eigenvalue weighted by Crippen LogP contribution is -2.56.